The fraction of sp³-hybridized carbons (Fsp3) is 0.400. The van der Waals surface area contributed by atoms with Crippen LogP contribution < -0.4 is 10.5 Å². The molecule has 1 aliphatic rings. The van der Waals surface area contributed by atoms with E-state index in [0.717, 1.165) is 48.3 Å². The van der Waals surface area contributed by atoms with Gasteiger partial charge in [0.05, 0.1) is 19.4 Å². The van der Waals surface area contributed by atoms with Gasteiger partial charge in [-0.25, -0.2) is 9.97 Å². The Morgan fingerprint density at radius 2 is 2.11 bits per heavy atom. The van der Waals surface area contributed by atoms with Crippen LogP contribution in [-0.4, -0.2) is 53.7 Å². The topological polar surface area (TPSA) is 59.0 Å². The highest BCUT2D eigenvalue weighted by molar-refractivity contribution is 9.10. The molecule has 3 rings (SSSR count). The van der Waals surface area contributed by atoms with Gasteiger partial charge in [-0.2, -0.15) is 0 Å². The van der Waals surface area contributed by atoms with Crippen LogP contribution >= 0.6 is 15.9 Å². The predicted octanol–water partition coefficient (Wildman–Crippen LogP) is -0.547. The molecule has 0 radical (unpaired) electrons. The van der Waals surface area contributed by atoms with Crippen molar-refractivity contribution in [3.63, 3.8) is 0 Å². The molecule has 0 aromatic carbocycles. The molecule has 6 nitrogen and oxygen atoms in total. The van der Waals surface area contributed by atoms with Gasteiger partial charge in [-0.1, -0.05) is 0 Å². The monoisotopic (exact) mass is 309 g/mol. The van der Waals surface area contributed by atoms with Crippen LogP contribution in [0.1, 0.15) is 0 Å². The van der Waals surface area contributed by atoms with Crippen molar-refractivity contribution in [1.82, 2.24) is 19.5 Å². The molecule has 1 aliphatic heterocycles. The Morgan fingerprint density at radius 3 is 2.78 bits per heavy atom. The predicted molar refractivity (Wildman–Crippen MR) is 74.6 cm³/mol. The second kappa shape index (κ2) is 4.77. The molecule has 0 bridgehead atoms. The summed E-state index contributed by atoms with van der Waals surface area (Å²) >= 11 is 3.40. The van der Waals surface area contributed by atoms with Crippen molar-refractivity contribution >= 4 is 35.3 Å². The van der Waals surface area contributed by atoms with E-state index in [1.165, 1.54) is 0 Å². The number of H-pyrrole nitrogens is 1. The average molecular weight is 310 g/mol. The number of imidazole rings is 2. The van der Waals surface area contributed by atoms with Gasteiger partial charge < -0.3 is 14.6 Å². The lowest BCUT2D eigenvalue weighted by Crippen LogP contribution is -2.36. The first kappa shape index (κ1) is 11.8. The quantitative estimate of drug-likeness (QED) is 0.757. The summed E-state index contributed by atoms with van der Waals surface area (Å²) in [6, 6.07) is 0. The minimum Gasteiger partial charge on any atom is -0.378 e. The Bertz CT molecular complexity index is 548. The van der Waals surface area contributed by atoms with Crippen molar-refractivity contribution in [2.45, 2.75) is 0 Å². The summed E-state index contributed by atoms with van der Waals surface area (Å²) in [5, 5.41) is 0. The Kier molecular flexibility index (Phi) is 3.13. The number of nitrogens with zero attached hydrogens (tertiary/aromatic N) is 4. The molecule has 0 saturated carbocycles. The maximum atomic E-state index is 5.33. The van der Waals surface area contributed by atoms with Crippen LogP contribution in [0.2, 0.25) is 0 Å². The third-order valence-corrected chi connectivity index (χ3v) is 3.84. The molecule has 94 valence electrons. The number of nitrogens with one attached hydrogen (secondary N) is 1. The van der Waals surface area contributed by atoms with E-state index in [0.29, 0.717) is 0 Å². The number of anilines is 1. The smallest absolute Gasteiger partial charge is 0.204 e. The Morgan fingerprint density at radius 1 is 1.33 bits per heavy atom. The lowest BCUT2D eigenvalue weighted by molar-refractivity contribution is 0.122. The van der Waals surface area contributed by atoms with E-state index in [2.05, 4.69) is 35.8 Å². The van der Waals surface area contributed by atoms with Crippen molar-refractivity contribution in [3.8, 4) is 5.82 Å². The van der Waals surface area contributed by atoms with Gasteiger partial charge in [-0.05, 0) is 15.9 Å². The molecule has 0 unspecified atom stereocenters. The number of aromatic amines is 1. The summed E-state index contributed by atoms with van der Waals surface area (Å²) in [4.78, 5) is 14.1. The lowest BCUT2D eigenvalue weighted by atomic mass is 10.1. The van der Waals surface area contributed by atoms with Gasteiger partial charge in [-0.15, -0.1) is 0 Å². The fourth-order valence-electron chi connectivity index (χ4n) is 1.99. The van der Waals surface area contributed by atoms with Crippen LogP contribution in [0, 0.1) is 0 Å². The van der Waals surface area contributed by atoms with Gasteiger partial charge in [0.1, 0.15) is 16.7 Å². The molecule has 1 fully saturated rings. The molecular weight excluding hydrogens is 297 g/mol. The maximum absolute atomic E-state index is 5.33. The van der Waals surface area contributed by atoms with Gasteiger partial charge in [0.2, 0.25) is 5.95 Å². The van der Waals surface area contributed by atoms with Crippen LogP contribution in [0.15, 0.2) is 17.1 Å². The van der Waals surface area contributed by atoms with Crippen LogP contribution in [0.3, 0.4) is 0 Å². The summed E-state index contributed by atoms with van der Waals surface area (Å²) in [6.45, 7) is 3.26. The van der Waals surface area contributed by atoms with Gasteiger partial charge in [-0.3, -0.25) is 4.57 Å². The minimum absolute atomic E-state index is 0.756. The Labute approximate surface area is 114 Å². The number of halogens is 1. The van der Waals surface area contributed by atoms with E-state index in [1.807, 2.05) is 18.6 Å². The molecule has 8 heteroatoms. The molecule has 1 N–H and O–H groups in total. The zero-order valence-electron chi connectivity index (χ0n) is 10.1. The van der Waals surface area contributed by atoms with E-state index in [-0.39, 0.29) is 0 Å². The highest BCUT2D eigenvalue weighted by Gasteiger charge is 2.15. The number of rotatable bonds is 2. The molecule has 1 saturated heterocycles. The van der Waals surface area contributed by atoms with Crippen molar-refractivity contribution in [2.75, 3.05) is 31.2 Å². The van der Waals surface area contributed by atoms with Crippen LogP contribution in [-0.2, 0) is 4.74 Å². The fourth-order valence-corrected chi connectivity index (χ4v) is 2.27. The minimum atomic E-state index is 0.756. The Balaban J connectivity index is 1.87. The van der Waals surface area contributed by atoms with E-state index >= 15 is 0 Å². The molecule has 3 heterocycles. The second-order valence-electron chi connectivity index (χ2n) is 4.18. The van der Waals surface area contributed by atoms with Gasteiger partial charge >= 0.3 is 0 Å². The van der Waals surface area contributed by atoms with Crippen LogP contribution in [0.4, 0.5) is 5.95 Å². The first-order chi connectivity index (χ1) is 8.75. The third kappa shape index (κ3) is 2.06. The van der Waals surface area contributed by atoms with Crippen molar-refractivity contribution in [2.24, 2.45) is 0 Å². The number of morpholine rings is 1. The lowest BCUT2D eigenvalue weighted by Gasteiger charge is -2.26. The maximum Gasteiger partial charge on any atom is 0.204 e. The largest absolute Gasteiger partial charge is 0.378 e. The summed E-state index contributed by atoms with van der Waals surface area (Å²) < 4.78 is 8.16. The van der Waals surface area contributed by atoms with Gasteiger partial charge in [0.15, 0.2) is 7.85 Å². The summed E-state index contributed by atoms with van der Waals surface area (Å²) in [5.41, 5.74) is 1.05. The highest BCUT2D eigenvalue weighted by Crippen LogP contribution is 2.14. The first-order valence-corrected chi connectivity index (χ1v) is 6.62. The summed E-state index contributed by atoms with van der Waals surface area (Å²) in [5.74, 6) is 1.81. The van der Waals surface area contributed by atoms with Crippen LogP contribution in [0.5, 0.6) is 0 Å². The number of ether oxygens (including phenoxy) is 1. The molecule has 0 atom stereocenters. The van der Waals surface area contributed by atoms with Gasteiger partial charge in [0.25, 0.3) is 0 Å². The molecule has 0 spiro atoms. The third-order valence-electron chi connectivity index (χ3n) is 3.07. The molecule has 18 heavy (non-hydrogen) atoms. The zero-order valence-corrected chi connectivity index (χ0v) is 11.6. The molecule has 2 aromatic heterocycles. The van der Waals surface area contributed by atoms with Crippen molar-refractivity contribution in [1.29, 1.82) is 0 Å². The zero-order chi connectivity index (χ0) is 12.5. The summed E-state index contributed by atoms with van der Waals surface area (Å²) in [7, 11) is 2.01. The van der Waals surface area contributed by atoms with E-state index < -0.39 is 0 Å². The number of hydrogen-bond acceptors (Lipinski definition) is 4. The molecule has 0 aliphatic carbocycles. The number of hydrogen-bond donors (Lipinski definition) is 1. The summed E-state index contributed by atoms with van der Waals surface area (Å²) in [6.07, 6.45) is 3.60. The standard InChI is InChI=1S/C10H13BBrN5O/c11-8-9(12)14-6-17(8)7-5-13-10(15-7)16-1-3-18-4-2-16/h5-6H,1-4,11H2,(H,13,15). The van der Waals surface area contributed by atoms with E-state index in [4.69, 9.17) is 4.74 Å². The highest BCUT2D eigenvalue weighted by atomic mass is 79.9. The van der Waals surface area contributed by atoms with Crippen molar-refractivity contribution in [3.05, 3.63) is 17.1 Å². The first-order valence-electron chi connectivity index (χ1n) is 5.83. The van der Waals surface area contributed by atoms with E-state index in [9.17, 15) is 0 Å². The SMILES string of the molecule is Bc1c(Br)ncn1-c1cnc(N2CCOCC2)[nH]1. The number of aromatic nitrogens is 4. The average Bonchev–Trinajstić information content (AvgIpc) is 3.00. The van der Waals surface area contributed by atoms with Crippen LogP contribution in [0.25, 0.3) is 5.82 Å². The second-order valence-corrected chi connectivity index (χ2v) is 4.93. The molecular formula is C10H13BBrN5O. The molecule has 2 aromatic rings. The van der Waals surface area contributed by atoms with E-state index in [1.54, 1.807) is 6.33 Å². The normalized spacial score (nSPS) is 16.2. The Hall–Kier alpha value is -1.28. The van der Waals surface area contributed by atoms with Gasteiger partial charge in [0, 0.05) is 18.7 Å². The van der Waals surface area contributed by atoms with Crippen molar-refractivity contribution < 1.29 is 4.74 Å². The molecule has 0 amide bonds.